The van der Waals surface area contributed by atoms with Crippen molar-refractivity contribution in [1.29, 1.82) is 0 Å². The molecule has 0 saturated heterocycles. The van der Waals surface area contributed by atoms with Crippen LogP contribution in [0.1, 0.15) is 29.8 Å². The van der Waals surface area contributed by atoms with E-state index in [9.17, 15) is 14.4 Å². The number of carbonyl (C=O) groups excluding carboxylic acids is 3. The maximum atomic E-state index is 12.1. The number of rotatable bonds is 6. The fourth-order valence-corrected chi connectivity index (χ4v) is 2.49. The normalized spacial score (nSPS) is 11.9. The lowest BCUT2D eigenvalue weighted by Gasteiger charge is -2.12. The Morgan fingerprint density at radius 3 is 2.71 bits per heavy atom. The number of benzene rings is 1. The van der Waals surface area contributed by atoms with E-state index < -0.39 is 18.0 Å². The molecule has 1 aromatic carbocycles. The van der Waals surface area contributed by atoms with E-state index in [1.165, 1.54) is 31.3 Å². The molecule has 0 radical (unpaired) electrons. The molecule has 0 bridgehead atoms. The molecule has 0 fully saturated rings. The van der Waals surface area contributed by atoms with Crippen LogP contribution in [0.25, 0.3) is 6.08 Å². The van der Waals surface area contributed by atoms with Gasteiger partial charge in [-0.15, -0.1) is 0 Å². The Labute approximate surface area is 144 Å². The first-order chi connectivity index (χ1) is 11.5. The molecule has 0 aliphatic carbocycles. The Kier molecular flexibility index (Phi) is 6.03. The molecule has 1 amide bonds. The summed E-state index contributed by atoms with van der Waals surface area (Å²) in [5, 5.41) is 6.41. The molecule has 1 atom stereocenters. The van der Waals surface area contributed by atoms with E-state index in [1.54, 1.807) is 30.3 Å². The Morgan fingerprint density at radius 2 is 2.04 bits per heavy atom. The van der Waals surface area contributed by atoms with Gasteiger partial charge in [-0.3, -0.25) is 9.59 Å². The molecule has 1 aromatic heterocycles. The van der Waals surface area contributed by atoms with Crippen molar-refractivity contribution in [2.24, 2.45) is 0 Å². The first kappa shape index (κ1) is 17.6. The number of amides is 1. The van der Waals surface area contributed by atoms with E-state index in [0.717, 1.165) is 5.56 Å². The number of hydrogen-bond donors (Lipinski definition) is 1. The predicted octanol–water partition coefficient (Wildman–Crippen LogP) is 3.53. The Balaban J connectivity index is 1.91. The lowest BCUT2D eigenvalue weighted by atomic mass is 10.1. The molecule has 0 saturated carbocycles. The van der Waals surface area contributed by atoms with E-state index in [-0.39, 0.29) is 5.78 Å². The maximum absolute atomic E-state index is 12.1. The van der Waals surface area contributed by atoms with Crippen molar-refractivity contribution < 1.29 is 19.1 Å². The zero-order valence-electron chi connectivity index (χ0n) is 13.3. The van der Waals surface area contributed by atoms with Crippen LogP contribution < -0.4 is 5.32 Å². The van der Waals surface area contributed by atoms with Crippen molar-refractivity contribution in [2.75, 3.05) is 5.32 Å². The average molecular weight is 343 g/mol. The topological polar surface area (TPSA) is 72.5 Å². The number of ether oxygens (including phenoxy) is 1. The fraction of sp³-hybridized carbons (Fsp3) is 0.167. The van der Waals surface area contributed by atoms with E-state index in [1.807, 2.05) is 16.8 Å². The maximum Gasteiger partial charge on any atom is 0.331 e. The third kappa shape index (κ3) is 5.17. The van der Waals surface area contributed by atoms with Crippen molar-refractivity contribution in [3.8, 4) is 0 Å². The predicted molar refractivity (Wildman–Crippen MR) is 94.0 cm³/mol. The Bertz CT molecular complexity index is 765. The van der Waals surface area contributed by atoms with Gasteiger partial charge in [-0.25, -0.2) is 4.79 Å². The van der Waals surface area contributed by atoms with Gasteiger partial charge >= 0.3 is 5.97 Å². The minimum absolute atomic E-state index is 0.0934. The van der Waals surface area contributed by atoms with Crippen molar-refractivity contribution in [2.45, 2.75) is 20.0 Å². The summed E-state index contributed by atoms with van der Waals surface area (Å²) in [5.74, 6) is -1.15. The number of nitrogens with one attached hydrogen (secondary N) is 1. The quantitative estimate of drug-likeness (QED) is 0.495. The van der Waals surface area contributed by atoms with Crippen molar-refractivity contribution >= 4 is 40.8 Å². The summed E-state index contributed by atoms with van der Waals surface area (Å²) in [6, 6.07) is 8.44. The average Bonchev–Trinajstić information content (AvgIpc) is 3.06. The highest BCUT2D eigenvalue weighted by atomic mass is 32.1. The molecule has 0 unspecified atom stereocenters. The number of hydrogen-bond acceptors (Lipinski definition) is 5. The molecular formula is C18H17NO4S. The summed E-state index contributed by atoms with van der Waals surface area (Å²) in [6.45, 7) is 2.94. The van der Waals surface area contributed by atoms with Crippen LogP contribution in [0.3, 0.4) is 0 Å². The zero-order valence-corrected chi connectivity index (χ0v) is 14.1. The first-order valence-electron chi connectivity index (χ1n) is 7.28. The lowest BCUT2D eigenvalue weighted by molar-refractivity contribution is -0.148. The molecular weight excluding hydrogens is 326 g/mol. The standard InChI is InChI=1S/C18H17NO4S/c1-12(20)15-4-3-5-16(10-15)19-18(22)13(2)23-17(21)7-6-14-8-9-24-11-14/h3-11,13H,1-2H3,(H,19,22)/b7-6+/t13-/m1/s1. The van der Waals surface area contributed by atoms with Gasteiger partial charge in [0.15, 0.2) is 11.9 Å². The second kappa shape index (κ2) is 8.21. The smallest absolute Gasteiger partial charge is 0.331 e. The summed E-state index contributed by atoms with van der Waals surface area (Å²) in [5.41, 5.74) is 1.87. The molecule has 6 heteroatoms. The molecule has 1 heterocycles. The largest absolute Gasteiger partial charge is 0.449 e. The number of esters is 1. The lowest BCUT2D eigenvalue weighted by Crippen LogP contribution is -2.29. The van der Waals surface area contributed by atoms with Gasteiger partial charge in [-0.05, 0) is 54.4 Å². The van der Waals surface area contributed by atoms with E-state index in [4.69, 9.17) is 4.74 Å². The number of Topliss-reactive ketones (excluding diaryl/α,β-unsaturated/α-hetero) is 1. The van der Waals surface area contributed by atoms with E-state index >= 15 is 0 Å². The Morgan fingerprint density at radius 1 is 1.25 bits per heavy atom. The van der Waals surface area contributed by atoms with Crippen molar-refractivity contribution in [3.63, 3.8) is 0 Å². The minimum atomic E-state index is -0.953. The molecule has 5 nitrogen and oxygen atoms in total. The van der Waals surface area contributed by atoms with Crippen LogP contribution in [0, 0.1) is 0 Å². The number of ketones is 1. The molecule has 0 aliphatic heterocycles. The van der Waals surface area contributed by atoms with Gasteiger partial charge in [0.2, 0.25) is 0 Å². The fourth-order valence-electron chi connectivity index (χ4n) is 1.86. The van der Waals surface area contributed by atoms with Gasteiger partial charge in [-0.2, -0.15) is 11.3 Å². The summed E-state index contributed by atoms with van der Waals surface area (Å²) in [7, 11) is 0. The molecule has 124 valence electrons. The number of anilines is 1. The third-order valence-corrected chi connectivity index (χ3v) is 3.86. The van der Waals surface area contributed by atoms with Crippen molar-refractivity contribution in [3.05, 3.63) is 58.3 Å². The SMILES string of the molecule is CC(=O)c1cccc(NC(=O)[C@@H](C)OC(=O)/C=C/c2ccsc2)c1. The van der Waals surface area contributed by atoms with Crippen LogP contribution in [-0.4, -0.2) is 23.8 Å². The molecule has 1 N–H and O–H groups in total. The van der Waals surface area contributed by atoms with Gasteiger partial charge in [0.05, 0.1) is 0 Å². The number of carbonyl (C=O) groups is 3. The van der Waals surface area contributed by atoms with Gasteiger partial charge < -0.3 is 10.1 Å². The van der Waals surface area contributed by atoms with Crippen LogP contribution in [0.4, 0.5) is 5.69 Å². The van der Waals surface area contributed by atoms with Gasteiger partial charge in [0.1, 0.15) is 0 Å². The number of thiophene rings is 1. The van der Waals surface area contributed by atoms with Gasteiger partial charge in [0.25, 0.3) is 5.91 Å². The van der Waals surface area contributed by atoms with Crippen molar-refractivity contribution in [1.82, 2.24) is 0 Å². The second-order valence-corrected chi connectivity index (χ2v) is 5.88. The second-order valence-electron chi connectivity index (χ2n) is 5.10. The van der Waals surface area contributed by atoms with Gasteiger partial charge in [-0.1, -0.05) is 12.1 Å². The highest BCUT2D eigenvalue weighted by molar-refractivity contribution is 7.08. The van der Waals surface area contributed by atoms with Crippen LogP contribution in [0.2, 0.25) is 0 Å². The summed E-state index contributed by atoms with van der Waals surface area (Å²) >= 11 is 1.52. The molecule has 0 aliphatic rings. The third-order valence-electron chi connectivity index (χ3n) is 3.15. The highest BCUT2D eigenvalue weighted by Crippen LogP contribution is 2.12. The van der Waals surface area contributed by atoms with Crippen LogP contribution >= 0.6 is 11.3 Å². The molecule has 2 rings (SSSR count). The summed E-state index contributed by atoms with van der Waals surface area (Å²) in [4.78, 5) is 35.1. The molecule has 2 aromatic rings. The Hall–Kier alpha value is -2.73. The zero-order chi connectivity index (χ0) is 17.5. The summed E-state index contributed by atoms with van der Waals surface area (Å²) in [6.07, 6.45) is 1.95. The summed E-state index contributed by atoms with van der Waals surface area (Å²) < 4.78 is 5.06. The van der Waals surface area contributed by atoms with E-state index in [2.05, 4.69) is 5.32 Å². The first-order valence-corrected chi connectivity index (χ1v) is 8.23. The van der Waals surface area contributed by atoms with Gasteiger partial charge in [0, 0.05) is 17.3 Å². The minimum Gasteiger partial charge on any atom is -0.449 e. The van der Waals surface area contributed by atoms with Crippen LogP contribution in [0.5, 0.6) is 0 Å². The van der Waals surface area contributed by atoms with Crippen LogP contribution in [0.15, 0.2) is 47.2 Å². The molecule has 24 heavy (non-hydrogen) atoms. The highest BCUT2D eigenvalue weighted by Gasteiger charge is 2.17. The van der Waals surface area contributed by atoms with Crippen LogP contribution in [-0.2, 0) is 14.3 Å². The van der Waals surface area contributed by atoms with E-state index in [0.29, 0.717) is 11.3 Å². The monoisotopic (exact) mass is 343 g/mol. The molecule has 0 spiro atoms.